The normalized spacial score (nSPS) is 15.9. The molecule has 0 radical (unpaired) electrons. The summed E-state index contributed by atoms with van der Waals surface area (Å²) < 4.78 is 0. The van der Waals surface area contributed by atoms with Crippen LogP contribution in [0.15, 0.2) is 24.3 Å². The van der Waals surface area contributed by atoms with Crippen molar-refractivity contribution in [3.8, 4) is 0 Å². The Morgan fingerprint density at radius 2 is 1.83 bits per heavy atom. The molecule has 1 aromatic rings. The smallest absolute Gasteiger partial charge is 0.251 e. The van der Waals surface area contributed by atoms with Crippen LogP contribution in [0.3, 0.4) is 0 Å². The number of hydrogen-bond donors (Lipinski definition) is 3. The predicted octanol–water partition coefficient (Wildman–Crippen LogP) is 1.31. The summed E-state index contributed by atoms with van der Waals surface area (Å²) in [5.74, 6) is -0.216. The van der Waals surface area contributed by atoms with Crippen molar-refractivity contribution in [1.82, 2.24) is 15.5 Å². The third kappa shape index (κ3) is 5.62. The number of carbonyl (C=O) groups is 2. The fraction of sp³-hybridized carbons (Fsp3) is 0.556. The van der Waals surface area contributed by atoms with Gasteiger partial charge in [0.25, 0.3) is 5.91 Å². The lowest BCUT2D eigenvalue weighted by Crippen LogP contribution is -2.33. The molecule has 2 rings (SSSR count). The Morgan fingerprint density at radius 1 is 1.17 bits per heavy atom. The van der Waals surface area contributed by atoms with Gasteiger partial charge in [0.2, 0.25) is 5.91 Å². The van der Waals surface area contributed by atoms with E-state index in [9.17, 15) is 9.59 Å². The van der Waals surface area contributed by atoms with Crippen LogP contribution in [0.2, 0.25) is 0 Å². The van der Waals surface area contributed by atoms with Crippen molar-refractivity contribution < 1.29 is 9.59 Å². The Bertz CT molecular complexity index is 538. The van der Waals surface area contributed by atoms with Crippen molar-refractivity contribution in [2.24, 2.45) is 5.92 Å². The highest BCUT2D eigenvalue weighted by Gasteiger charge is 2.13. The zero-order chi connectivity index (χ0) is 17.4. The second kappa shape index (κ2) is 9.39. The SMILES string of the molecule is CNCC(C)C(=O)Nc1ccc(C(=O)NCCN2CCCC2)cc1. The van der Waals surface area contributed by atoms with Gasteiger partial charge in [-0.2, -0.15) is 0 Å². The topological polar surface area (TPSA) is 73.5 Å². The highest BCUT2D eigenvalue weighted by molar-refractivity contribution is 5.96. The van der Waals surface area contributed by atoms with Crippen LogP contribution in [0.4, 0.5) is 5.69 Å². The van der Waals surface area contributed by atoms with Crippen LogP contribution in [0, 0.1) is 5.92 Å². The first kappa shape index (κ1) is 18.4. The molecule has 0 saturated carbocycles. The molecule has 6 nitrogen and oxygen atoms in total. The molecule has 0 bridgehead atoms. The Hall–Kier alpha value is -1.92. The zero-order valence-electron chi connectivity index (χ0n) is 14.6. The van der Waals surface area contributed by atoms with Crippen molar-refractivity contribution >= 4 is 17.5 Å². The quantitative estimate of drug-likeness (QED) is 0.671. The molecule has 0 aromatic heterocycles. The molecule has 6 heteroatoms. The summed E-state index contributed by atoms with van der Waals surface area (Å²) in [4.78, 5) is 26.4. The van der Waals surface area contributed by atoms with Crippen LogP contribution in [0.1, 0.15) is 30.1 Å². The van der Waals surface area contributed by atoms with Gasteiger partial charge < -0.3 is 20.9 Å². The van der Waals surface area contributed by atoms with Crippen molar-refractivity contribution in [3.05, 3.63) is 29.8 Å². The maximum absolute atomic E-state index is 12.1. The molecular weight excluding hydrogens is 304 g/mol. The molecule has 0 aliphatic carbocycles. The molecule has 1 aliphatic heterocycles. The average Bonchev–Trinajstić information content (AvgIpc) is 3.09. The van der Waals surface area contributed by atoms with Crippen LogP contribution in [-0.4, -0.2) is 56.5 Å². The molecule has 1 unspecified atom stereocenters. The lowest BCUT2D eigenvalue weighted by molar-refractivity contribution is -0.119. The third-order valence-corrected chi connectivity index (χ3v) is 4.28. The summed E-state index contributed by atoms with van der Waals surface area (Å²) in [7, 11) is 1.82. The molecule has 1 heterocycles. The molecule has 0 spiro atoms. The fourth-order valence-corrected chi connectivity index (χ4v) is 2.81. The van der Waals surface area contributed by atoms with E-state index < -0.39 is 0 Å². The lowest BCUT2D eigenvalue weighted by atomic mass is 10.1. The molecule has 1 atom stereocenters. The van der Waals surface area contributed by atoms with Gasteiger partial charge in [-0.15, -0.1) is 0 Å². The summed E-state index contributed by atoms with van der Waals surface area (Å²) >= 11 is 0. The Balaban J connectivity index is 1.77. The summed E-state index contributed by atoms with van der Waals surface area (Å²) in [5, 5.41) is 8.78. The number of likely N-dealkylation sites (tertiary alicyclic amines) is 1. The number of anilines is 1. The minimum absolute atomic E-state index is 0.0350. The first-order chi connectivity index (χ1) is 11.6. The van der Waals surface area contributed by atoms with E-state index in [4.69, 9.17) is 0 Å². The van der Waals surface area contributed by atoms with Gasteiger partial charge in [-0.1, -0.05) is 6.92 Å². The highest BCUT2D eigenvalue weighted by Crippen LogP contribution is 2.11. The van der Waals surface area contributed by atoms with E-state index in [1.807, 2.05) is 14.0 Å². The summed E-state index contributed by atoms with van der Waals surface area (Å²) in [6.45, 7) is 6.34. The summed E-state index contributed by atoms with van der Waals surface area (Å²) in [5.41, 5.74) is 1.31. The number of carbonyl (C=O) groups excluding carboxylic acids is 2. The van der Waals surface area contributed by atoms with Crippen LogP contribution >= 0.6 is 0 Å². The molecular formula is C18H28N4O2. The summed E-state index contributed by atoms with van der Waals surface area (Å²) in [6, 6.07) is 7.01. The molecule has 24 heavy (non-hydrogen) atoms. The standard InChI is InChI=1S/C18H28N4O2/c1-14(13-19-2)17(23)21-16-7-5-15(6-8-16)18(24)20-9-12-22-10-3-4-11-22/h5-8,14,19H,3-4,9-13H2,1-2H3,(H,20,24)(H,21,23). The third-order valence-electron chi connectivity index (χ3n) is 4.28. The van der Waals surface area contributed by atoms with Crippen molar-refractivity contribution in [2.75, 3.05) is 45.1 Å². The number of amides is 2. The lowest BCUT2D eigenvalue weighted by Gasteiger charge is -2.15. The van der Waals surface area contributed by atoms with Gasteiger partial charge in [0, 0.05) is 36.8 Å². The van der Waals surface area contributed by atoms with Crippen LogP contribution in [0.5, 0.6) is 0 Å². The Morgan fingerprint density at radius 3 is 2.46 bits per heavy atom. The minimum Gasteiger partial charge on any atom is -0.351 e. The van der Waals surface area contributed by atoms with Crippen molar-refractivity contribution in [3.63, 3.8) is 0 Å². The first-order valence-electron chi connectivity index (χ1n) is 8.66. The summed E-state index contributed by atoms with van der Waals surface area (Å²) in [6.07, 6.45) is 2.52. The molecule has 2 amide bonds. The van der Waals surface area contributed by atoms with E-state index in [-0.39, 0.29) is 17.7 Å². The van der Waals surface area contributed by atoms with Crippen LogP contribution in [-0.2, 0) is 4.79 Å². The number of hydrogen-bond acceptors (Lipinski definition) is 4. The second-order valence-corrected chi connectivity index (χ2v) is 6.33. The second-order valence-electron chi connectivity index (χ2n) is 6.33. The molecule has 132 valence electrons. The fourth-order valence-electron chi connectivity index (χ4n) is 2.81. The first-order valence-corrected chi connectivity index (χ1v) is 8.66. The maximum Gasteiger partial charge on any atom is 0.251 e. The van der Waals surface area contributed by atoms with Crippen LogP contribution in [0.25, 0.3) is 0 Å². The van der Waals surface area contributed by atoms with Gasteiger partial charge in [-0.3, -0.25) is 9.59 Å². The van der Waals surface area contributed by atoms with Gasteiger partial charge >= 0.3 is 0 Å². The van der Waals surface area contributed by atoms with E-state index in [0.717, 1.165) is 19.6 Å². The van der Waals surface area contributed by atoms with Crippen molar-refractivity contribution in [2.45, 2.75) is 19.8 Å². The van der Waals surface area contributed by atoms with E-state index in [2.05, 4.69) is 20.9 Å². The average molecular weight is 332 g/mol. The van der Waals surface area contributed by atoms with Gasteiger partial charge in [-0.05, 0) is 57.2 Å². The van der Waals surface area contributed by atoms with Gasteiger partial charge in [0.1, 0.15) is 0 Å². The van der Waals surface area contributed by atoms with Gasteiger partial charge in [0.15, 0.2) is 0 Å². The zero-order valence-corrected chi connectivity index (χ0v) is 14.6. The van der Waals surface area contributed by atoms with Crippen molar-refractivity contribution in [1.29, 1.82) is 0 Å². The largest absolute Gasteiger partial charge is 0.351 e. The molecule has 1 aliphatic rings. The van der Waals surface area contributed by atoms with E-state index in [1.54, 1.807) is 24.3 Å². The van der Waals surface area contributed by atoms with E-state index in [0.29, 0.717) is 24.3 Å². The van der Waals surface area contributed by atoms with Gasteiger partial charge in [0.05, 0.1) is 0 Å². The predicted molar refractivity (Wildman–Crippen MR) is 96.2 cm³/mol. The molecule has 3 N–H and O–H groups in total. The molecule has 1 aromatic carbocycles. The Labute approximate surface area is 144 Å². The number of rotatable bonds is 8. The van der Waals surface area contributed by atoms with E-state index in [1.165, 1.54) is 12.8 Å². The minimum atomic E-state index is -0.108. The number of nitrogens with one attached hydrogen (secondary N) is 3. The Kier molecular flexibility index (Phi) is 7.21. The maximum atomic E-state index is 12.1. The number of benzene rings is 1. The van der Waals surface area contributed by atoms with E-state index >= 15 is 0 Å². The monoisotopic (exact) mass is 332 g/mol. The molecule has 1 fully saturated rings. The highest BCUT2D eigenvalue weighted by atomic mass is 16.2. The molecule has 1 saturated heterocycles. The van der Waals surface area contributed by atoms with Crippen LogP contribution < -0.4 is 16.0 Å². The number of nitrogens with zero attached hydrogens (tertiary/aromatic N) is 1. The van der Waals surface area contributed by atoms with Gasteiger partial charge in [-0.25, -0.2) is 0 Å².